The van der Waals surface area contributed by atoms with E-state index in [9.17, 15) is 0 Å². The highest BCUT2D eigenvalue weighted by atomic mass is 79.9. The molecule has 2 N–H and O–H groups in total. The van der Waals surface area contributed by atoms with Gasteiger partial charge in [-0.15, -0.1) is 0 Å². The first-order valence-corrected chi connectivity index (χ1v) is 5.72. The number of hydrogen-bond donors (Lipinski definition) is 2. The van der Waals surface area contributed by atoms with Crippen molar-refractivity contribution >= 4 is 21.7 Å². The summed E-state index contributed by atoms with van der Waals surface area (Å²) in [6.07, 6.45) is 4.16. The van der Waals surface area contributed by atoms with Crippen molar-refractivity contribution in [1.82, 2.24) is 25.1 Å². The second-order valence-electron chi connectivity index (χ2n) is 3.15. The lowest BCUT2D eigenvalue weighted by Gasteiger charge is -2.06. The van der Waals surface area contributed by atoms with E-state index in [1.54, 1.807) is 6.20 Å². The molecule has 0 aliphatic carbocycles. The molecule has 2 heterocycles. The fourth-order valence-electron chi connectivity index (χ4n) is 1.16. The molecule has 2 aromatic heterocycles. The molecule has 0 spiro atoms. The SMILES string of the molecule is CCCNc1nc(-c2ncn[nH]2)ncc1Br. The average molecular weight is 283 g/mol. The largest absolute Gasteiger partial charge is 0.369 e. The second-order valence-corrected chi connectivity index (χ2v) is 4.01. The van der Waals surface area contributed by atoms with Gasteiger partial charge in [-0.05, 0) is 22.4 Å². The van der Waals surface area contributed by atoms with Crippen LogP contribution in [0, 0.1) is 0 Å². The molecule has 84 valence electrons. The molecule has 2 aromatic rings. The molecule has 0 amide bonds. The molecule has 0 bridgehead atoms. The normalized spacial score (nSPS) is 10.4. The maximum Gasteiger partial charge on any atom is 0.199 e. The van der Waals surface area contributed by atoms with Gasteiger partial charge in [0.05, 0.1) is 4.47 Å². The molecule has 7 heteroatoms. The van der Waals surface area contributed by atoms with Gasteiger partial charge in [0.2, 0.25) is 0 Å². The summed E-state index contributed by atoms with van der Waals surface area (Å²) in [5.74, 6) is 1.86. The van der Waals surface area contributed by atoms with Crippen molar-refractivity contribution in [2.75, 3.05) is 11.9 Å². The van der Waals surface area contributed by atoms with E-state index >= 15 is 0 Å². The summed E-state index contributed by atoms with van der Waals surface area (Å²) in [5, 5.41) is 9.70. The first-order valence-electron chi connectivity index (χ1n) is 4.93. The molecule has 0 saturated heterocycles. The molecule has 0 aliphatic heterocycles. The standard InChI is InChI=1S/C9H11BrN6/c1-2-3-11-7-6(10)4-12-8(15-7)9-13-5-14-16-9/h4-5H,2-3H2,1H3,(H,11,12,15)(H,13,14,16). The van der Waals surface area contributed by atoms with Crippen molar-refractivity contribution in [1.29, 1.82) is 0 Å². The van der Waals surface area contributed by atoms with Crippen molar-refractivity contribution in [3.63, 3.8) is 0 Å². The molecular weight excluding hydrogens is 272 g/mol. The van der Waals surface area contributed by atoms with E-state index in [4.69, 9.17) is 0 Å². The van der Waals surface area contributed by atoms with Crippen molar-refractivity contribution in [3.8, 4) is 11.6 Å². The van der Waals surface area contributed by atoms with Gasteiger partial charge in [0.1, 0.15) is 12.1 Å². The van der Waals surface area contributed by atoms with Gasteiger partial charge in [-0.2, -0.15) is 5.10 Å². The number of anilines is 1. The van der Waals surface area contributed by atoms with Gasteiger partial charge >= 0.3 is 0 Å². The minimum atomic E-state index is 0.527. The first-order chi connectivity index (χ1) is 7.81. The number of rotatable bonds is 4. The topological polar surface area (TPSA) is 79.4 Å². The number of hydrogen-bond acceptors (Lipinski definition) is 5. The number of nitrogens with one attached hydrogen (secondary N) is 2. The number of nitrogens with zero attached hydrogens (tertiary/aromatic N) is 4. The number of aromatic amines is 1. The molecule has 16 heavy (non-hydrogen) atoms. The van der Waals surface area contributed by atoms with E-state index in [1.807, 2.05) is 0 Å². The quantitative estimate of drug-likeness (QED) is 0.895. The highest BCUT2D eigenvalue weighted by Gasteiger charge is 2.08. The van der Waals surface area contributed by atoms with Crippen LogP contribution in [-0.2, 0) is 0 Å². The lowest BCUT2D eigenvalue weighted by Crippen LogP contribution is -2.04. The zero-order chi connectivity index (χ0) is 11.4. The molecular formula is C9H11BrN6. The maximum absolute atomic E-state index is 4.35. The van der Waals surface area contributed by atoms with E-state index in [-0.39, 0.29) is 0 Å². The van der Waals surface area contributed by atoms with Gasteiger partial charge in [0, 0.05) is 12.7 Å². The van der Waals surface area contributed by atoms with Gasteiger partial charge in [0.15, 0.2) is 11.6 Å². The molecule has 0 radical (unpaired) electrons. The Kier molecular flexibility index (Phi) is 3.45. The van der Waals surface area contributed by atoms with Crippen LogP contribution in [0.2, 0.25) is 0 Å². The monoisotopic (exact) mass is 282 g/mol. The minimum absolute atomic E-state index is 0.527. The lowest BCUT2D eigenvalue weighted by molar-refractivity contribution is 0.960. The van der Waals surface area contributed by atoms with E-state index in [2.05, 4.69) is 53.3 Å². The van der Waals surface area contributed by atoms with Crippen molar-refractivity contribution in [2.24, 2.45) is 0 Å². The number of halogens is 1. The summed E-state index contributed by atoms with van der Waals surface area (Å²) in [4.78, 5) is 12.5. The van der Waals surface area contributed by atoms with Crippen LogP contribution in [0.5, 0.6) is 0 Å². The Labute approximate surface area is 101 Å². The Bertz CT molecular complexity index is 455. The van der Waals surface area contributed by atoms with Crippen LogP contribution < -0.4 is 5.32 Å². The molecule has 0 atom stereocenters. The van der Waals surface area contributed by atoms with Crippen LogP contribution in [0.25, 0.3) is 11.6 Å². The Balaban J connectivity index is 2.28. The van der Waals surface area contributed by atoms with Crippen LogP contribution >= 0.6 is 15.9 Å². The molecule has 0 unspecified atom stereocenters. The summed E-state index contributed by atoms with van der Waals surface area (Å²) in [7, 11) is 0. The number of aromatic nitrogens is 5. The van der Waals surface area contributed by atoms with E-state index < -0.39 is 0 Å². The van der Waals surface area contributed by atoms with Crippen LogP contribution in [0.15, 0.2) is 17.0 Å². The third-order valence-electron chi connectivity index (χ3n) is 1.91. The van der Waals surface area contributed by atoms with E-state index in [0.29, 0.717) is 11.6 Å². The molecule has 0 aromatic carbocycles. The van der Waals surface area contributed by atoms with E-state index in [0.717, 1.165) is 23.3 Å². The summed E-state index contributed by atoms with van der Waals surface area (Å²) in [6.45, 7) is 2.96. The van der Waals surface area contributed by atoms with Gasteiger partial charge in [-0.25, -0.2) is 15.0 Å². The van der Waals surface area contributed by atoms with Crippen LogP contribution in [0.3, 0.4) is 0 Å². The fourth-order valence-corrected chi connectivity index (χ4v) is 1.49. The predicted molar refractivity (Wildman–Crippen MR) is 63.9 cm³/mol. The molecule has 0 saturated carbocycles. The van der Waals surface area contributed by atoms with Crippen LogP contribution in [0.4, 0.5) is 5.82 Å². The highest BCUT2D eigenvalue weighted by molar-refractivity contribution is 9.10. The Morgan fingerprint density at radius 2 is 2.31 bits per heavy atom. The van der Waals surface area contributed by atoms with Gasteiger partial charge in [-0.1, -0.05) is 6.92 Å². The zero-order valence-electron chi connectivity index (χ0n) is 8.74. The Hall–Kier alpha value is -1.50. The van der Waals surface area contributed by atoms with Gasteiger partial charge in [-0.3, -0.25) is 5.10 Å². The maximum atomic E-state index is 4.35. The zero-order valence-corrected chi connectivity index (χ0v) is 10.3. The summed E-state index contributed by atoms with van der Waals surface area (Å²) < 4.78 is 0.837. The predicted octanol–water partition coefficient (Wildman–Crippen LogP) is 1.85. The second kappa shape index (κ2) is 5.02. The average Bonchev–Trinajstić information content (AvgIpc) is 2.81. The van der Waals surface area contributed by atoms with Gasteiger partial charge in [0.25, 0.3) is 0 Å². The van der Waals surface area contributed by atoms with Crippen LogP contribution in [-0.4, -0.2) is 31.7 Å². The van der Waals surface area contributed by atoms with Crippen LogP contribution in [0.1, 0.15) is 13.3 Å². The smallest absolute Gasteiger partial charge is 0.199 e. The van der Waals surface area contributed by atoms with E-state index in [1.165, 1.54) is 6.33 Å². The molecule has 2 rings (SSSR count). The minimum Gasteiger partial charge on any atom is -0.369 e. The number of H-pyrrole nitrogens is 1. The van der Waals surface area contributed by atoms with Crippen molar-refractivity contribution in [2.45, 2.75) is 13.3 Å². The molecule has 0 aliphatic rings. The fraction of sp³-hybridized carbons (Fsp3) is 0.333. The third-order valence-corrected chi connectivity index (χ3v) is 2.49. The van der Waals surface area contributed by atoms with Gasteiger partial charge < -0.3 is 5.32 Å². The highest BCUT2D eigenvalue weighted by Crippen LogP contribution is 2.21. The molecule has 6 nitrogen and oxygen atoms in total. The lowest BCUT2D eigenvalue weighted by atomic mass is 10.4. The molecule has 0 fully saturated rings. The van der Waals surface area contributed by atoms with Crippen molar-refractivity contribution in [3.05, 3.63) is 17.0 Å². The summed E-state index contributed by atoms with van der Waals surface area (Å²) >= 11 is 3.39. The van der Waals surface area contributed by atoms with Crippen molar-refractivity contribution < 1.29 is 0 Å². The first kappa shape index (κ1) is 11.0. The Morgan fingerprint density at radius 1 is 1.44 bits per heavy atom. The summed E-state index contributed by atoms with van der Waals surface area (Å²) in [5.41, 5.74) is 0. The Morgan fingerprint density at radius 3 is 3.00 bits per heavy atom. The summed E-state index contributed by atoms with van der Waals surface area (Å²) in [6, 6.07) is 0. The third kappa shape index (κ3) is 2.35.